The molecule has 0 spiro atoms. The van der Waals surface area contributed by atoms with Gasteiger partial charge in [-0.25, -0.2) is 9.59 Å². The molecule has 0 aromatic heterocycles. The molecule has 0 aliphatic carbocycles. The highest BCUT2D eigenvalue weighted by atomic mass is 35.5. The minimum atomic E-state index is -5.00. The van der Waals surface area contributed by atoms with Crippen molar-refractivity contribution in [1.29, 1.82) is 0 Å². The van der Waals surface area contributed by atoms with E-state index in [9.17, 15) is 22.8 Å². The number of piperazine rings is 1. The van der Waals surface area contributed by atoms with E-state index in [1.807, 2.05) is 0 Å². The van der Waals surface area contributed by atoms with Crippen LogP contribution in [0.2, 0.25) is 5.02 Å². The van der Waals surface area contributed by atoms with Crippen molar-refractivity contribution in [3.8, 4) is 5.75 Å². The Morgan fingerprint density at radius 3 is 2.21 bits per heavy atom. The van der Waals surface area contributed by atoms with Crippen molar-refractivity contribution in [3.63, 3.8) is 0 Å². The molecule has 162 valence electrons. The standard InChI is InChI=1S/C18H22ClF3N2O5/c1-17(2,3)29-16(27)24-6-4-23(5-7-24)10-12-13(19)8-11(15(25)26)9-14(12)28-18(20,21)22/h8-9H,4-7,10H2,1-3H3,(H,25,26). The number of alkyl halides is 3. The van der Waals surface area contributed by atoms with Crippen LogP contribution in [0.5, 0.6) is 5.75 Å². The molecule has 0 atom stereocenters. The number of carboxylic acids is 1. The van der Waals surface area contributed by atoms with Crippen molar-refractivity contribution in [1.82, 2.24) is 9.80 Å². The van der Waals surface area contributed by atoms with E-state index in [-0.39, 0.29) is 17.1 Å². The fourth-order valence-electron chi connectivity index (χ4n) is 2.74. The lowest BCUT2D eigenvalue weighted by atomic mass is 10.1. The zero-order valence-corrected chi connectivity index (χ0v) is 16.9. The number of rotatable bonds is 4. The normalized spacial score (nSPS) is 15.9. The van der Waals surface area contributed by atoms with Crippen LogP contribution in [0.1, 0.15) is 36.7 Å². The van der Waals surface area contributed by atoms with E-state index in [0.717, 1.165) is 12.1 Å². The second-order valence-corrected chi connectivity index (χ2v) is 7.94. The zero-order valence-electron chi connectivity index (χ0n) is 16.2. The van der Waals surface area contributed by atoms with Crippen LogP contribution in [0.15, 0.2) is 12.1 Å². The second-order valence-electron chi connectivity index (χ2n) is 7.53. The van der Waals surface area contributed by atoms with E-state index in [1.165, 1.54) is 4.90 Å². The minimum Gasteiger partial charge on any atom is -0.478 e. The van der Waals surface area contributed by atoms with E-state index in [2.05, 4.69) is 4.74 Å². The number of hydrogen-bond donors (Lipinski definition) is 1. The van der Waals surface area contributed by atoms with E-state index in [0.29, 0.717) is 26.2 Å². The van der Waals surface area contributed by atoms with Crippen molar-refractivity contribution >= 4 is 23.7 Å². The summed E-state index contributed by atoms with van der Waals surface area (Å²) in [6, 6.07) is 1.88. The Hall–Kier alpha value is -2.20. The quantitative estimate of drug-likeness (QED) is 0.765. The van der Waals surface area contributed by atoms with Crippen LogP contribution in [-0.4, -0.2) is 65.1 Å². The number of benzene rings is 1. The van der Waals surface area contributed by atoms with Gasteiger partial charge in [-0.2, -0.15) is 0 Å². The molecule has 11 heteroatoms. The largest absolute Gasteiger partial charge is 0.573 e. The van der Waals surface area contributed by atoms with Gasteiger partial charge < -0.3 is 19.5 Å². The second kappa shape index (κ2) is 8.66. The van der Waals surface area contributed by atoms with Gasteiger partial charge in [0.05, 0.1) is 5.56 Å². The molecular formula is C18H22ClF3N2O5. The molecule has 0 unspecified atom stereocenters. The highest BCUT2D eigenvalue weighted by Crippen LogP contribution is 2.34. The number of carbonyl (C=O) groups excluding carboxylic acids is 1. The van der Waals surface area contributed by atoms with Crippen molar-refractivity contribution in [2.24, 2.45) is 0 Å². The van der Waals surface area contributed by atoms with Crippen LogP contribution < -0.4 is 4.74 Å². The summed E-state index contributed by atoms with van der Waals surface area (Å²) in [5.74, 6) is -2.08. The monoisotopic (exact) mass is 438 g/mol. The summed E-state index contributed by atoms with van der Waals surface area (Å²) in [4.78, 5) is 26.5. The first-order valence-corrected chi connectivity index (χ1v) is 9.15. The molecule has 2 rings (SSSR count). The lowest BCUT2D eigenvalue weighted by Crippen LogP contribution is -2.49. The fourth-order valence-corrected chi connectivity index (χ4v) is 3.01. The number of carbonyl (C=O) groups is 2. The molecule has 0 radical (unpaired) electrons. The van der Waals surface area contributed by atoms with Crippen molar-refractivity contribution in [3.05, 3.63) is 28.3 Å². The van der Waals surface area contributed by atoms with Gasteiger partial charge in [0, 0.05) is 43.3 Å². The number of hydrogen-bond acceptors (Lipinski definition) is 5. The van der Waals surface area contributed by atoms with Crippen molar-refractivity contribution in [2.75, 3.05) is 26.2 Å². The maximum Gasteiger partial charge on any atom is 0.573 e. The van der Waals surface area contributed by atoms with Gasteiger partial charge in [0.15, 0.2) is 0 Å². The Bertz CT molecular complexity index is 772. The number of ether oxygens (including phenoxy) is 2. The highest BCUT2D eigenvalue weighted by molar-refractivity contribution is 6.32. The molecule has 1 aromatic rings. The van der Waals surface area contributed by atoms with E-state index in [1.54, 1.807) is 25.7 Å². The van der Waals surface area contributed by atoms with E-state index < -0.39 is 35.3 Å². The SMILES string of the molecule is CC(C)(C)OC(=O)N1CCN(Cc2c(Cl)cc(C(=O)O)cc2OC(F)(F)F)CC1. The zero-order chi connectivity index (χ0) is 22.0. The van der Waals surface area contributed by atoms with Gasteiger partial charge >= 0.3 is 18.4 Å². The molecule has 29 heavy (non-hydrogen) atoms. The predicted molar refractivity (Wildman–Crippen MR) is 98.2 cm³/mol. The lowest BCUT2D eigenvalue weighted by Gasteiger charge is -2.36. The van der Waals surface area contributed by atoms with Crippen LogP contribution in [-0.2, 0) is 11.3 Å². The third-order valence-corrected chi connectivity index (χ3v) is 4.37. The Kier molecular flexibility index (Phi) is 6.89. The van der Waals surface area contributed by atoms with Crippen molar-refractivity contribution in [2.45, 2.75) is 39.3 Å². The van der Waals surface area contributed by atoms with Gasteiger partial charge in [-0.1, -0.05) is 11.6 Å². The molecule has 1 amide bonds. The third kappa shape index (κ3) is 6.97. The Balaban J connectivity index is 2.12. The van der Waals surface area contributed by atoms with E-state index >= 15 is 0 Å². The summed E-state index contributed by atoms with van der Waals surface area (Å²) in [6.07, 6.45) is -5.45. The van der Waals surface area contributed by atoms with Crippen LogP contribution in [0.3, 0.4) is 0 Å². The highest BCUT2D eigenvalue weighted by Gasteiger charge is 2.34. The summed E-state index contributed by atoms with van der Waals surface area (Å²) in [6.45, 7) is 6.68. The van der Waals surface area contributed by atoms with Crippen molar-refractivity contribution < 1.29 is 37.3 Å². The molecule has 1 aliphatic heterocycles. The molecule has 1 saturated heterocycles. The first-order valence-electron chi connectivity index (χ1n) is 8.77. The topological polar surface area (TPSA) is 79.3 Å². The van der Waals surface area contributed by atoms with Crippen LogP contribution in [0.25, 0.3) is 0 Å². The Labute approximate surface area is 170 Å². The summed E-state index contributed by atoms with van der Waals surface area (Å²) < 4.78 is 47.6. The van der Waals surface area contributed by atoms with Gasteiger partial charge in [-0.05, 0) is 32.9 Å². The van der Waals surface area contributed by atoms with Crippen LogP contribution in [0.4, 0.5) is 18.0 Å². The molecule has 7 nitrogen and oxygen atoms in total. The maximum atomic E-state index is 12.8. The smallest absolute Gasteiger partial charge is 0.478 e. The number of nitrogens with zero attached hydrogens (tertiary/aromatic N) is 2. The molecule has 1 N–H and O–H groups in total. The summed E-state index contributed by atoms with van der Waals surface area (Å²) in [7, 11) is 0. The molecule has 1 heterocycles. The average Bonchev–Trinajstić information content (AvgIpc) is 2.55. The van der Waals surface area contributed by atoms with Gasteiger partial charge in [0.1, 0.15) is 11.4 Å². The number of halogens is 4. The number of carboxylic acid groups (broad SMARTS) is 1. The van der Waals surface area contributed by atoms with Gasteiger partial charge in [0.25, 0.3) is 0 Å². The first kappa shape index (κ1) is 23.1. The summed E-state index contributed by atoms with van der Waals surface area (Å²) in [5, 5.41) is 8.91. The maximum absolute atomic E-state index is 12.8. The first-order chi connectivity index (χ1) is 13.2. The Morgan fingerprint density at radius 1 is 1.14 bits per heavy atom. The van der Waals surface area contributed by atoms with Gasteiger partial charge in [-0.15, -0.1) is 13.2 Å². The molecule has 0 bridgehead atoms. The predicted octanol–water partition coefficient (Wildman–Crippen LogP) is 3.99. The number of aromatic carboxylic acids is 1. The minimum absolute atomic E-state index is 0.00625. The lowest BCUT2D eigenvalue weighted by molar-refractivity contribution is -0.275. The molecule has 1 aromatic carbocycles. The molecule has 1 aliphatic rings. The van der Waals surface area contributed by atoms with E-state index in [4.69, 9.17) is 21.4 Å². The molecule has 0 saturated carbocycles. The average molecular weight is 439 g/mol. The summed E-state index contributed by atoms with van der Waals surface area (Å²) >= 11 is 6.06. The molecule has 1 fully saturated rings. The molecular weight excluding hydrogens is 417 g/mol. The number of amides is 1. The Morgan fingerprint density at radius 2 is 1.72 bits per heavy atom. The third-order valence-electron chi connectivity index (χ3n) is 4.03. The fraction of sp³-hybridized carbons (Fsp3) is 0.556. The van der Waals surface area contributed by atoms with Gasteiger partial charge in [0.2, 0.25) is 0 Å². The van der Waals surface area contributed by atoms with Crippen LogP contribution in [0, 0.1) is 0 Å². The summed E-state index contributed by atoms with van der Waals surface area (Å²) in [5.41, 5.74) is -1.01. The van der Waals surface area contributed by atoms with Gasteiger partial charge in [-0.3, -0.25) is 4.90 Å². The van der Waals surface area contributed by atoms with Crippen LogP contribution >= 0.6 is 11.6 Å².